The van der Waals surface area contributed by atoms with Gasteiger partial charge in [0.1, 0.15) is 17.9 Å². The van der Waals surface area contributed by atoms with E-state index in [1.807, 2.05) is 11.3 Å². The van der Waals surface area contributed by atoms with Crippen molar-refractivity contribution in [3.63, 3.8) is 0 Å². The minimum atomic E-state index is -0.00308. The van der Waals surface area contributed by atoms with Crippen molar-refractivity contribution in [3.8, 4) is 11.6 Å². The van der Waals surface area contributed by atoms with Gasteiger partial charge in [0, 0.05) is 26.0 Å². The van der Waals surface area contributed by atoms with Crippen molar-refractivity contribution in [1.82, 2.24) is 9.97 Å². The summed E-state index contributed by atoms with van der Waals surface area (Å²) in [5.74, 6) is 2.52. The minimum Gasteiger partial charge on any atom is -0.440 e. The number of thiophene rings is 1. The van der Waals surface area contributed by atoms with Gasteiger partial charge in [0.2, 0.25) is 5.88 Å². The molecule has 8 rings (SSSR count). The second kappa shape index (κ2) is 9.47. The number of benzene rings is 3. The Bertz CT molecular complexity index is 2060. The highest BCUT2D eigenvalue weighted by molar-refractivity contribution is 7.33. The summed E-state index contributed by atoms with van der Waals surface area (Å²) >= 11 is 1.91. The summed E-state index contributed by atoms with van der Waals surface area (Å²) in [5.41, 5.74) is 10.4. The van der Waals surface area contributed by atoms with Crippen molar-refractivity contribution in [3.05, 3.63) is 83.2 Å². The van der Waals surface area contributed by atoms with Crippen LogP contribution in [0.4, 0.5) is 17.2 Å². The van der Waals surface area contributed by atoms with Gasteiger partial charge in [0.05, 0.1) is 5.69 Å². The van der Waals surface area contributed by atoms with Crippen LogP contribution in [0.1, 0.15) is 104 Å². The van der Waals surface area contributed by atoms with E-state index < -0.39 is 0 Å². The first-order valence-electron chi connectivity index (χ1n) is 16.7. The zero-order chi connectivity index (χ0) is 32.6. The maximum atomic E-state index is 6.78. The first kappa shape index (κ1) is 29.7. The van der Waals surface area contributed by atoms with Crippen LogP contribution in [0.3, 0.4) is 0 Å². The second-order valence-corrected chi connectivity index (χ2v) is 18.1. The fourth-order valence-corrected chi connectivity index (χ4v) is 9.10. The van der Waals surface area contributed by atoms with Gasteiger partial charge in [-0.3, -0.25) is 4.90 Å². The fraction of sp³-hybridized carbons (Fsp3) is 0.400. The molecule has 4 heterocycles. The molecule has 0 radical (unpaired) electrons. The molecular weight excluding hydrogens is 581 g/mol. The fourth-order valence-electron chi connectivity index (χ4n) is 7.80. The lowest BCUT2D eigenvalue weighted by Gasteiger charge is -2.43. The van der Waals surface area contributed by atoms with Crippen molar-refractivity contribution < 1.29 is 4.74 Å². The summed E-state index contributed by atoms with van der Waals surface area (Å²) in [4.78, 5) is 12.2. The minimum absolute atomic E-state index is 0.00308. The Balaban J connectivity index is 1.43. The van der Waals surface area contributed by atoms with Crippen LogP contribution in [0, 0.1) is 0 Å². The van der Waals surface area contributed by atoms with Crippen molar-refractivity contribution in [2.45, 2.75) is 104 Å². The van der Waals surface area contributed by atoms with E-state index in [9.17, 15) is 0 Å². The van der Waals surface area contributed by atoms with Crippen LogP contribution in [0.15, 0.2) is 60.9 Å². The monoisotopic (exact) mass is 625 g/mol. The van der Waals surface area contributed by atoms with Gasteiger partial charge in [-0.15, -0.1) is 11.3 Å². The Labute approximate surface area is 278 Å². The Morgan fingerprint density at radius 1 is 0.783 bits per heavy atom. The molecule has 234 valence electrons. The molecule has 0 fully saturated rings. The highest BCUT2D eigenvalue weighted by atomic mass is 32.1. The van der Waals surface area contributed by atoms with E-state index in [-0.39, 0.29) is 28.4 Å². The van der Waals surface area contributed by atoms with Gasteiger partial charge in [0.25, 0.3) is 6.71 Å². The Morgan fingerprint density at radius 3 is 2.07 bits per heavy atom. The van der Waals surface area contributed by atoms with Crippen LogP contribution < -0.4 is 25.3 Å². The lowest BCUT2D eigenvalue weighted by Crippen LogP contribution is -2.59. The van der Waals surface area contributed by atoms with Crippen LogP contribution in [0.25, 0.3) is 10.1 Å². The van der Waals surface area contributed by atoms with Gasteiger partial charge >= 0.3 is 0 Å². The van der Waals surface area contributed by atoms with E-state index in [4.69, 9.17) is 14.7 Å². The van der Waals surface area contributed by atoms with E-state index in [0.717, 1.165) is 29.1 Å². The molecule has 1 aliphatic carbocycles. The summed E-state index contributed by atoms with van der Waals surface area (Å²) in [5, 5.41) is 1.28. The van der Waals surface area contributed by atoms with E-state index >= 15 is 0 Å². The van der Waals surface area contributed by atoms with Crippen LogP contribution in [0.2, 0.25) is 0 Å². The molecule has 5 aromatic rings. The molecular formula is C40H44BN3OS. The van der Waals surface area contributed by atoms with Crippen molar-refractivity contribution >= 4 is 61.0 Å². The Hall–Kier alpha value is -3.64. The summed E-state index contributed by atoms with van der Waals surface area (Å²) in [6, 6.07) is 20.9. The summed E-state index contributed by atoms with van der Waals surface area (Å²) in [6.07, 6.45) is 4.01. The third-order valence-corrected chi connectivity index (χ3v) is 12.1. The molecule has 0 N–H and O–H groups in total. The lowest BCUT2D eigenvalue weighted by atomic mass is 9.37. The predicted molar refractivity (Wildman–Crippen MR) is 196 cm³/mol. The number of anilines is 3. The first-order valence-corrected chi connectivity index (χ1v) is 17.6. The van der Waals surface area contributed by atoms with Crippen LogP contribution >= 0.6 is 11.3 Å². The predicted octanol–water partition coefficient (Wildman–Crippen LogP) is 9.04. The SMILES string of the molecule is CC(C)(C)c1ccc(N2c3ncnc4c3B(c3cc5c(cc3O4)C(C)(C)CCC5(C)C)c3sc4ccc(C(C)(C)C)cc4c32)cc1. The quantitative estimate of drug-likeness (QED) is 0.171. The van der Waals surface area contributed by atoms with Gasteiger partial charge < -0.3 is 4.74 Å². The molecule has 6 heteroatoms. The number of aromatic nitrogens is 2. The van der Waals surface area contributed by atoms with E-state index in [1.54, 1.807) is 6.33 Å². The highest BCUT2D eigenvalue weighted by Gasteiger charge is 2.47. The van der Waals surface area contributed by atoms with E-state index in [0.29, 0.717) is 5.88 Å². The lowest BCUT2D eigenvalue weighted by molar-refractivity contribution is 0.330. The zero-order valence-corrected chi connectivity index (χ0v) is 29.7. The summed E-state index contributed by atoms with van der Waals surface area (Å²) in [6.45, 7) is 23.3. The van der Waals surface area contributed by atoms with Crippen molar-refractivity contribution in [2.75, 3.05) is 4.90 Å². The largest absolute Gasteiger partial charge is 0.440 e. The Kier molecular flexibility index (Phi) is 6.12. The molecule has 4 nitrogen and oxygen atoms in total. The van der Waals surface area contributed by atoms with E-state index in [1.165, 1.54) is 54.7 Å². The maximum Gasteiger partial charge on any atom is 0.273 e. The Morgan fingerprint density at radius 2 is 1.41 bits per heavy atom. The molecule has 2 aromatic heterocycles. The van der Waals surface area contributed by atoms with Crippen LogP contribution in [0.5, 0.6) is 11.6 Å². The number of nitrogens with zero attached hydrogens (tertiary/aromatic N) is 3. The number of hydrogen-bond acceptors (Lipinski definition) is 5. The molecule has 2 aliphatic heterocycles. The molecule has 0 saturated heterocycles. The van der Waals surface area contributed by atoms with Gasteiger partial charge in [-0.2, -0.15) is 0 Å². The van der Waals surface area contributed by atoms with Gasteiger partial charge in [-0.25, -0.2) is 9.97 Å². The summed E-state index contributed by atoms with van der Waals surface area (Å²) in [7, 11) is 0. The van der Waals surface area contributed by atoms with Crippen molar-refractivity contribution in [1.29, 1.82) is 0 Å². The normalized spacial score (nSPS) is 17.6. The zero-order valence-electron chi connectivity index (χ0n) is 28.9. The highest BCUT2D eigenvalue weighted by Crippen LogP contribution is 2.49. The number of rotatable bonds is 1. The first-order chi connectivity index (χ1) is 21.5. The van der Waals surface area contributed by atoms with Gasteiger partial charge in [0.15, 0.2) is 0 Å². The van der Waals surface area contributed by atoms with Gasteiger partial charge in [-0.05, 0) is 92.6 Å². The molecule has 46 heavy (non-hydrogen) atoms. The topological polar surface area (TPSA) is 38.2 Å². The third-order valence-electron chi connectivity index (χ3n) is 10.9. The van der Waals surface area contributed by atoms with Gasteiger partial charge in [-0.1, -0.05) is 93.5 Å². The standard InChI is InChI=1S/C40H44BN3OS/c1-37(2,3)23-11-14-25(15-12-23)44-33-26-19-24(38(4,5)6)13-16-31(26)46-34(33)41-29-20-27-28(40(9,10)18-17-39(27,7)8)21-30(29)45-36-32(41)35(44)42-22-43-36/h11-16,19-22H,17-18H2,1-10H3. The second-order valence-electron chi connectivity index (χ2n) is 17.1. The van der Waals surface area contributed by atoms with Crippen LogP contribution in [-0.2, 0) is 21.7 Å². The third kappa shape index (κ3) is 4.32. The van der Waals surface area contributed by atoms with E-state index in [2.05, 4.69) is 129 Å². The average Bonchev–Trinajstić information content (AvgIpc) is 3.37. The summed E-state index contributed by atoms with van der Waals surface area (Å²) < 4.78 is 9.41. The molecule has 3 aliphatic rings. The molecule has 0 unspecified atom stereocenters. The molecule has 0 bridgehead atoms. The molecule has 0 saturated carbocycles. The number of fused-ring (bicyclic) bond motifs is 7. The smallest absolute Gasteiger partial charge is 0.273 e. The number of hydrogen-bond donors (Lipinski definition) is 0. The van der Waals surface area contributed by atoms with Crippen molar-refractivity contribution in [2.24, 2.45) is 0 Å². The number of ether oxygens (including phenoxy) is 1. The van der Waals surface area contributed by atoms with Crippen LogP contribution in [-0.4, -0.2) is 16.7 Å². The molecule has 0 spiro atoms. The molecule has 0 atom stereocenters. The molecule has 0 amide bonds. The average molecular weight is 626 g/mol. The molecule has 3 aromatic carbocycles. The maximum absolute atomic E-state index is 6.78.